The van der Waals surface area contributed by atoms with Gasteiger partial charge in [-0.15, -0.1) is 0 Å². The minimum Gasteiger partial charge on any atom is -0.508 e. The number of aliphatic hydroxyl groups is 1. The third-order valence-electron chi connectivity index (χ3n) is 6.49. The molecule has 2 saturated carbocycles. The lowest BCUT2D eigenvalue weighted by Gasteiger charge is -2.49. The predicted octanol–water partition coefficient (Wildman–Crippen LogP) is 4.25. The van der Waals surface area contributed by atoms with E-state index in [0.29, 0.717) is 11.2 Å². The first-order valence-electron chi connectivity index (χ1n) is 8.44. The highest BCUT2D eigenvalue weighted by atomic mass is 16.3. The average molecular weight is 288 g/mol. The Morgan fingerprint density at radius 2 is 1.90 bits per heavy atom. The van der Waals surface area contributed by atoms with Gasteiger partial charge in [-0.25, -0.2) is 0 Å². The van der Waals surface area contributed by atoms with Crippen LogP contribution in [0.25, 0.3) is 0 Å². The van der Waals surface area contributed by atoms with Crippen LogP contribution in [0.4, 0.5) is 0 Å². The molecular weight excluding hydrogens is 260 g/mol. The van der Waals surface area contributed by atoms with Crippen LogP contribution in [0.15, 0.2) is 18.2 Å². The molecule has 4 unspecified atom stereocenters. The van der Waals surface area contributed by atoms with Crippen molar-refractivity contribution in [3.63, 3.8) is 0 Å². The number of hydrogen-bond acceptors (Lipinski definition) is 2. The molecule has 0 spiro atoms. The van der Waals surface area contributed by atoms with Gasteiger partial charge < -0.3 is 10.2 Å². The second kappa shape index (κ2) is 5.64. The number of rotatable bonds is 0. The normalized spacial score (nSPS) is 36.8. The van der Waals surface area contributed by atoms with Crippen LogP contribution in [-0.4, -0.2) is 17.3 Å². The number of aromatic hydroxyl groups is 1. The molecule has 116 valence electrons. The summed E-state index contributed by atoms with van der Waals surface area (Å²) >= 11 is 0. The fourth-order valence-corrected chi connectivity index (χ4v) is 5.56. The van der Waals surface area contributed by atoms with E-state index in [1.807, 2.05) is 12.1 Å². The van der Waals surface area contributed by atoms with Crippen LogP contribution in [0.1, 0.15) is 62.5 Å². The molecule has 1 aromatic carbocycles. The molecule has 1 aromatic rings. The van der Waals surface area contributed by atoms with Gasteiger partial charge in [0.1, 0.15) is 5.75 Å². The molecule has 0 aromatic heterocycles. The van der Waals surface area contributed by atoms with Gasteiger partial charge in [-0.1, -0.05) is 19.4 Å². The van der Waals surface area contributed by atoms with E-state index < -0.39 is 0 Å². The number of phenolic OH excluding ortho intramolecular Hbond substituents is 1. The molecule has 0 bridgehead atoms. The van der Waals surface area contributed by atoms with E-state index in [1.165, 1.54) is 50.5 Å². The van der Waals surface area contributed by atoms with E-state index in [9.17, 15) is 5.11 Å². The van der Waals surface area contributed by atoms with Crippen molar-refractivity contribution in [2.45, 2.75) is 57.8 Å². The van der Waals surface area contributed by atoms with Crippen LogP contribution in [0.5, 0.6) is 5.75 Å². The smallest absolute Gasteiger partial charge is 0.115 e. The van der Waals surface area contributed by atoms with Crippen molar-refractivity contribution >= 4 is 0 Å². The highest BCUT2D eigenvalue weighted by molar-refractivity contribution is 5.40. The Labute approximate surface area is 128 Å². The quantitative estimate of drug-likeness (QED) is 0.749. The molecule has 4 rings (SSSR count). The largest absolute Gasteiger partial charge is 0.508 e. The molecule has 3 aliphatic rings. The topological polar surface area (TPSA) is 40.5 Å². The number of aliphatic hydroxyl groups excluding tert-OH is 1. The van der Waals surface area contributed by atoms with E-state index >= 15 is 0 Å². The second-order valence-corrected chi connectivity index (χ2v) is 7.38. The van der Waals surface area contributed by atoms with Gasteiger partial charge in [0, 0.05) is 7.11 Å². The van der Waals surface area contributed by atoms with Gasteiger partial charge in [-0.3, -0.25) is 0 Å². The first-order chi connectivity index (χ1) is 10.2. The van der Waals surface area contributed by atoms with Crippen LogP contribution in [0.2, 0.25) is 0 Å². The first kappa shape index (κ1) is 14.9. The van der Waals surface area contributed by atoms with E-state index in [-0.39, 0.29) is 0 Å². The van der Waals surface area contributed by atoms with Crippen molar-refractivity contribution in [3.8, 4) is 5.75 Å². The van der Waals surface area contributed by atoms with Crippen LogP contribution >= 0.6 is 0 Å². The number of fused-ring (bicyclic) bond motifs is 5. The average Bonchev–Trinajstić information content (AvgIpc) is 2.90. The Hall–Kier alpha value is -1.02. The zero-order valence-corrected chi connectivity index (χ0v) is 13.3. The minimum absolute atomic E-state index is 0.443. The highest BCUT2D eigenvalue weighted by Gasteiger charge is 2.50. The Bertz CT molecular complexity index is 510. The Morgan fingerprint density at radius 1 is 1.10 bits per heavy atom. The number of aryl methyl sites for hydroxylation is 1. The van der Waals surface area contributed by atoms with E-state index in [0.717, 1.165) is 24.9 Å². The Morgan fingerprint density at radius 3 is 2.71 bits per heavy atom. The molecule has 0 radical (unpaired) electrons. The van der Waals surface area contributed by atoms with Gasteiger partial charge in [0.05, 0.1) is 0 Å². The highest BCUT2D eigenvalue weighted by Crippen LogP contribution is 2.60. The standard InChI is InChI=1S/C18H24O.CH4O/c1-18-9-2-3-17(18)16-6-4-12-11-13(19)5-7-14(12)15(16)8-10-18;1-2/h5,7,11,15-17,19H,2-4,6,8-10H2,1H3;2H,1H3. The van der Waals surface area contributed by atoms with Crippen LogP contribution < -0.4 is 0 Å². The van der Waals surface area contributed by atoms with Crippen molar-refractivity contribution < 1.29 is 10.2 Å². The third kappa shape index (κ3) is 2.38. The van der Waals surface area contributed by atoms with Crippen LogP contribution in [0, 0.1) is 17.3 Å². The number of phenols is 1. The summed E-state index contributed by atoms with van der Waals surface area (Å²) in [5, 5.41) is 16.7. The van der Waals surface area contributed by atoms with Crippen LogP contribution in [-0.2, 0) is 6.42 Å². The monoisotopic (exact) mass is 288 g/mol. The summed E-state index contributed by atoms with van der Waals surface area (Å²) in [5.41, 5.74) is 3.63. The maximum atomic E-state index is 9.68. The molecule has 4 atom stereocenters. The van der Waals surface area contributed by atoms with Crippen molar-refractivity contribution in [3.05, 3.63) is 29.3 Å². The summed E-state index contributed by atoms with van der Waals surface area (Å²) in [6.45, 7) is 2.55. The summed E-state index contributed by atoms with van der Waals surface area (Å²) in [7, 11) is 1.00. The fraction of sp³-hybridized carbons (Fsp3) is 0.684. The van der Waals surface area contributed by atoms with E-state index in [2.05, 4.69) is 13.0 Å². The molecule has 3 aliphatic carbocycles. The van der Waals surface area contributed by atoms with Gasteiger partial charge in [-0.05, 0) is 85.0 Å². The summed E-state index contributed by atoms with van der Waals surface area (Å²) in [6, 6.07) is 6.11. The number of hydrogen-bond donors (Lipinski definition) is 2. The summed E-state index contributed by atoms with van der Waals surface area (Å²) < 4.78 is 0. The van der Waals surface area contributed by atoms with Crippen LogP contribution in [0.3, 0.4) is 0 Å². The lowest BCUT2D eigenvalue weighted by molar-refractivity contribution is 0.0598. The van der Waals surface area contributed by atoms with E-state index in [4.69, 9.17) is 5.11 Å². The molecule has 2 nitrogen and oxygen atoms in total. The molecule has 0 saturated heterocycles. The zero-order valence-electron chi connectivity index (χ0n) is 13.3. The third-order valence-corrected chi connectivity index (χ3v) is 6.49. The summed E-state index contributed by atoms with van der Waals surface area (Å²) in [4.78, 5) is 0. The fourth-order valence-electron chi connectivity index (χ4n) is 5.56. The molecule has 2 N–H and O–H groups in total. The maximum absolute atomic E-state index is 9.68. The molecule has 21 heavy (non-hydrogen) atoms. The molecule has 2 heteroatoms. The van der Waals surface area contributed by atoms with Crippen molar-refractivity contribution in [1.82, 2.24) is 0 Å². The second-order valence-electron chi connectivity index (χ2n) is 7.38. The summed E-state index contributed by atoms with van der Waals surface area (Å²) in [6.07, 6.45) is 9.69. The zero-order chi connectivity index (χ0) is 15.0. The van der Waals surface area contributed by atoms with Gasteiger partial charge in [0.15, 0.2) is 0 Å². The molecule has 0 aliphatic heterocycles. The van der Waals surface area contributed by atoms with Gasteiger partial charge in [0.2, 0.25) is 0 Å². The lowest BCUT2D eigenvalue weighted by Crippen LogP contribution is -2.39. The Balaban J connectivity index is 0.000000636. The predicted molar refractivity (Wildman–Crippen MR) is 85.5 cm³/mol. The number of benzene rings is 1. The van der Waals surface area contributed by atoms with Crippen molar-refractivity contribution in [1.29, 1.82) is 0 Å². The first-order valence-corrected chi connectivity index (χ1v) is 8.44. The molecular formula is C19H28O2. The van der Waals surface area contributed by atoms with Gasteiger partial charge in [-0.2, -0.15) is 0 Å². The van der Waals surface area contributed by atoms with Crippen molar-refractivity contribution in [2.75, 3.05) is 7.11 Å². The van der Waals surface area contributed by atoms with Gasteiger partial charge in [0.25, 0.3) is 0 Å². The summed E-state index contributed by atoms with van der Waals surface area (Å²) in [5.74, 6) is 3.10. The Kier molecular flexibility index (Phi) is 4.00. The SMILES string of the molecule is CC12CCCC1C1CCc3cc(O)ccc3C1CC2.CO. The maximum Gasteiger partial charge on any atom is 0.115 e. The minimum atomic E-state index is 0.443. The lowest BCUT2D eigenvalue weighted by atomic mass is 9.56. The van der Waals surface area contributed by atoms with E-state index in [1.54, 1.807) is 5.56 Å². The molecule has 0 heterocycles. The van der Waals surface area contributed by atoms with Gasteiger partial charge >= 0.3 is 0 Å². The molecule has 2 fully saturated rings. The van der Waals surface area contributed by atoms with Crippen molar-refractivity contribution in [2.24, 2.45) is 17.3 Å². The molecule has 0 amide bonds.